The van der Waals surface area contributed by atoms with Crippen molar-refractivity contribution in [2.45, 2.75) is 58.9 Å². The maximum Gasteiger partial charge on any atom is 0.225 e. The van der Waals surface area contributed by atoms with Crippen LogP contribution in [0, 0.1) is 5.41 Å². The summed E-state index contributed by atoms with van der Waals surface area (Å²) in [5.74, 6) is -0.0139. The van der Waals surface area contributed by atoms with Gasteiger partial charge in [0.15, 0.2) is 0 Å². The lowest BCUT2D eigenvalue weighted by molar-refractivity contribution is -0.134. The lowest BCUT2D eigenvalue weighted by Gasteiger charge is -2.29. The van der Waals surface area contributed by atoms with Crippen LogP contribution in [0.4, 0.5) is 0 Å². The van der Waals surface area contributed by atoms with E-state index in [0.29, 0.717) is 13.0 Å². The summed E-state index contributed by atoms with van der Waals surface area (Å²) in [5.41, 5.74) is -0.431. The van der Waals surface area contributed by atoms with Crippen molar-refractivity contribution in [3.63, 3.8) is 0 Å². The molecule has 5 heteroatoms. The number of nitrogens with one attached hydrogen (secondary N) is 1. The lowest BCUT2D eigenvalue weighted by Crippen LogP contribution is -2.44. The van der Waals surface area contributed by atoms with Gasteiger partial charge >= 0.3 is 0 Å². The molecule has 20 heavy (non-hydrogen) atoms. The van der Waals surface area contributed by atoms with E-state index in [2.05, 4.69) is 5.32 Å². The zero-order chi connectivity index (χ0) is 15.2. The highest BCUT2D eigenvalue weighted by Crippen LogP contribution is 2.17. The third-order valence-electron chi connectivity index (χ3n) is 3.71. The number of hydrogen-bond acceptors (Lipinski definition) is 3. The van der Waals surface area contributed by atoms with Gasteiger partial charge in [-0.2, -0.15) is 0 Å². The first-order chi connectivity index (χ1) is 9.36. The van der Waals surface area contributed by atoms with Crippen molar-refractivity contribution in [3.8, 4) is 0 Å². The number of amides is 2. The zero-order valence-corrected chi connectivity index (χ0v) is 12.9. The summed E-state index contributed by atoms with van der Waals surface area (Å²) in [6.07, 6.45) is 4.35. The van der Waals surface area contributed by atoms with E-state index in [-0.39, 0.29) is 24.5 Å². The molecule has 1 heterocycles. The first kappa shape index (κ1) is 17.0. The molecule has 1 unspecified atom stereocenters. The van der Waals surface area contributed by atoms with Gasteiger partial charge in [-0.3, -0.25) is 9.59 Å². The van der Waals surface area contributed by atoms with Gasteiger partial charge in [0.25, 0.3) is 0 Å². The molecule has 0 spiro atoms. The molecule has 0 aromatic rings. The predicted molar refractivity (Wildman–Crippen MR) is 78.1 cm³/mol. The van der Waals surface area contributed by atoms with E-state index in [4.69, 9.17) is 0 Å². The van der Waals surface area contributed by atoms with Crippen LogP contribution in [0.2, 0.25) is 0 Å². The number of aliphatic hydroxyl groups is 1. The first-order valence-corrected chi connectivity index (χ1v) is 7.55. The summed E-state index contributed by atoms with van der Waals surface area (Å²) in [7, 11) is 0. The number of aliphatic hydroxyl groups excluding tert-OH is 1. The normalized spacial score (nSPS) is 20.4. The summed E-state index contributed by atoms with van der Waals surface area (Å²) in [6.45, 7) is 6.66. The van der Waals surface area contributed by atoms with E-state index < -0.39 is 5.41 Å². The van der Waals surface area contributed by atoms with E-state index in [1.807, 2.05) is 20.8 Å². The minimum Gasteiger partial charge on any atom is -0.394 e. The van der Waals surface area contributed by atoms with Crippen molar-refractivity contribution < 1.29 is 14.7 Å². The van der Waals surface area contributed by atoms with Crippen molar-refractivity contribution in [3.05, 3.63) is 0 Å². The number of nitrogens with zero attached hydrogens (tertiary/aromatic N) is 1. The lowest BCUT2D eigenvalue weighted by atomic mass is 9.96. The Hall–Kier alpha value is -1.10. The second-order valence-electron chi connectivity index (χ2n) is 6.53. The van der Waals surface area contributed by atoms with E-state index in [1.165, 1.54) is 0 Å². The number of carbonyl (C=O) groups excluding carboxylic acids is 2. The molecule has 0 aliphatic carbocycles. The molecule has 116 valence electrons. The highest BCUT2D eigenvalue weighted by atomic mass is 16.3. The van der Waals surface area contributed by atoms with Crippen molar-refractivity contribution in [1.82, 2.24) is 10.2 Å². The van der Waals surface area contributed by atoms with Gasteiger partial charge in [0.2, 0.25) is 11.8 Å². The van der Waals surface area contributed by atoms with Gasteiger partial charge in [0.05, 0.1) is 12.6 Å². The van der Waals surface area contributed by atoms with Crippen LogP contribution in [0.5, 0.6) is 0 Å². The average Bonchev–Trinajstić information content (AvgIpc) is 2.62. The fraction of sp³-hybridized carbons (Fsp3) is 0.867. The number of rotatable bonds is 4. The molecule has 1 fully saturated rings. The van der Waals surface area contributed by atoms with Crippen LogP contribution in [-0.4, -0.2) is 47.6 Å². The van der Waals surface area contributed by atoms with Crippen LogP contribution >= 0.6 is 0 Å². The van der Waals surface area contributed by atoms with Crippen molar-refractivity contribution in [2.75, 3.05) is 19.7 Å². The monoisotopic (exact) mass is 284 g/mol. The Balaban J connectivity index is 2.42. The molecule has 0 radical (unpaired) electrons. The van der Waals surface area contributed by atoms with E-state index >= 15 is 0 Å². The summed E-state index contributed by atoms with van der Waals surface area (Å²) in [4.78, 5) is 25.7. The van der Waals surface area contributed by atoms with Crippen LogP contribution in [-0.2, 0) is 9.59 Å². The van der Waals surface area contributed by atoms with Crippen LogP contribution in [0.25, 0.3) is 0 Å². The average molecular weight is 284 g/mol. The van der Waals surface area contributed by atoms with Gasteiger partial charge in [-0.25, -0.2) is 0 Å². The Morgan fingerprint density at radius 3 is 2.55 bits per heavy atom. The SMILES string of the molecule is CC(C)(C)C(=O)NCCC(=O)N1CCCCCC1CO. The Morgan fingerprint density at radius 1 is 1.25 bits per heavy atom. The Morgan fingerprint density at radius 2 is 1.95 bits per heavy atom. The number of carbonyl (C=O) groups is 2. The fourth-order valence-corrected chi connectivity index (χ4v) is 2.39. The third-order valence-corrected chi connectivity index (χ3v) is 3.71. The fourth-order valence-electron chi connectivity index (χ4n) is 2.39. The van der Waals surface area contributed by atoms with Gasteiger partial charge in [0.1, 0.15) is 0 Å². The molecule has 2 amide bonds. The van der Waals surface area contributed by atoms with E-state index in [9.17, 15) is 14.7 Å². The van der Waals surface area contributed by atoms with Crippen LogP contribution in [0.1, 0.15) is 52.9 Å². The van der Waals surface area contributed by atoms with Crippen molar-refractivity contribution in [1.29, 1.82) is 0 Å². The van der Waals surface area contributed by atoms with Gasteiger partial charge in [-0.15, -0.1) is 0 Å². The molecule has 1 rings (SSSR count). The molecule has 5 nitrogen and oxygen atoms in total. The zero-order valence-electron chi connectivity index (χ0n) is 12.9. The van der Waals surface area contributed by atoms with Gasteiger partial charge in [-0.1, -0.05) is 33.6 Å². The highest BCUT2D eigenvalue weighted by Gasteiger charge is 2.25. The third kappa shape index (κ3) is 5.12. The molecule has 0 aromatic carbocycles. The number of hydrogen-bond donors (Lipinski definition) is 2. The molecule has 2 N–H and O–H groups in total. The highest BCUT2D eigenvalue weighted by molar-refractivity contribution is 5.82. The quantitative estimate of drug-likeness (QED) is 0.817. The van der Waals surface area contributed by atoms with Crippen molar-refractivity contribution in [2.24, 2.45) is 5.41 Å². The second kappa shape index (κ2) is 7.62. The van der Waals surface area contributed by atoms with Gasteiger partial charge < -0.3 is 15.3 Å². The van der Waals surface area contributed by atoms with Crippen molar-refractivity contribution >= 4 is 11.8 Å². The molecular formula is C15H28N2O3. The second-order valence-corrected chi connectivity index (χ2v) is 6.53. The minimum atomic E-state index is -0.431. The van der Waals surface area contributed by atoms with Crippen LogP contribution in [0.3, 0.4) is 0 Å². The molecule has 0 aromatic heterocycles. The van der Waals surface area contributed by atoms with E-state index in [1.54, 1.807) is 4.90 Å². The molecule has 1 aliphatic heterocycles. The minimum absolute atomic E-state index is 0.0279. The number of likely N-dealkylation sites (tertiary alicyclic amines) is 1. The molecule has 0 saturated carbocycles. The molecular weight excluding hydrogens is 256 g/mol. The van der Waals surface area contributed by atoms with Gasteiger partial charge in [0, 0.05) is 24.9 Å². The largest absolute Gasteiger partial charge is 0.394 e. The Kier molecular flexibility index (Phi) is 6.46. The summed E-state index contributed by atoms with van der Waals surface area (Å²) in [5, 5.41) is 12.2. The summed E-state index contributed by atoms with van der Waals surface area (Å²) in [6, 6.07) is -0.0525. The summed E-state index contributed by atoms with van der Waals surface area (Å²) < 4.78 is 0. The Labute approximate surface area is 121 Å². The van der Waals surface area contributed by atoms with Crippen LogP contribution < -0.4 is 5.32 Å². The standard InChI is InChI=1S/C15H28N2O3/c1-15(2,3)14(20)16-9-8-13(19)17-10-6-4-5-7-12(17)11-18/h12,18H,4-11H2,1-3H3,(H,16,20). The van der Waals surface area contributed by atoms with Crippen LogP contribution in [0.15, 0.2) is 0 Å². The maximum atomic E-state index is 12.2. The molecule has 1 saturated heterocycles. The van der Waals surface area contributed by atoms with Gasteiger partial charge in [-0.05, 0) is 12.8 Å². The molecule has 0 bridgehead atoms. The maximum absolute atomic E-state index is 12.2. The predicted octanol–water partition coefficient (Wildman–Crippen LogP) is 1.30. The first-order valence-electron chi connectivity index (χ1n) is 7.55. The van der Waals surface area contributed by atoms with E-state index in [0.717, 1.165) is 32.2 Å². The Bertz CT molecular complexity index is 337. The smallest absolute Gasteiger partial charge is 0.225 e. The topological polar surface area (TPSA) is 69.6 Å². The molecule has 1 aliphatic rings. The molecule has 1 atom stereocenters. The summed E-state index contributed by atoms with van der Waals surface area (Å²) >= 11 is 0.